The lowest BCUT2D eigenvalue weighted by Crippen LogP contribution is -2.49. The van der Waals surface area contributed by atoms with Crippen molar-refractivity contribution < 1.29 is 14.3 Å². The van der Waals surface area contributed by atoms with E-state index in [0.29, 0.717) is 39.5 Å². The fourth-order valence-electron chi connectivity index (χ4n) is 3.69. The summed E-state index contributed by atoms with van der Waals surface area (Å²) in [5.41, 5.74) is 3.49. The predicted molar refractivity (Wildman–Crippen MR) is 142 cm³/mol. The smallest absolute Gasteiger partial charge is 0.409 e. The average Bonchev–Trinajstić information content (AvgIpc) is 2.83. The normalized spacial score (nSPS) is 14.4. The van der Waals surface area contributed by atoms with Gasteiger partial charge in [-0.05, 0) is 36.5 Å². The van der Waals surface area contributed by atoms with Crippen molar-refractivity contribution in [3.05, 3.63) is 71.3 Å². The van der Waals surface area contributed by atoms with Crippen LogP contribution in [0.3, 0.4) is 0 Å². The molecule has 1 amide bonds. The first-order valence-corrected chi connectivity index (χ1v) is 11.3. The van der Waals surface area contributed by atoms with E-state index in [1.807, 2.05) is 25.1 Å². The zero-order valence-corrected chi connectivity index (χ0v) is 21.8. The molecular formula is C25H35IN4O3. The van der Waals surface area contributed by atoms with Crippen molar-refractivity contribution in [1.29, 1.82) is 0 Å². The Bertz CT molecular complexity index is 871. The highest BCUT2D eigenvalue weighted by atomic mass is 127. The molecule has 180 valence electrons. The number of carbonyl (C=O) groups is 1. The predicted octanol–water partition coefficient (Wildman–Crippen LogP) is 4.31. The van der Waals surface area contributed by atoms with Crippen LogP contribution in [0.25, 0.3) is 0 Å². The van der Waals surface area contributed by atoms with Gasteiger partial charge in [-0.25, -0.2) is 4.79 Å². The number of amides is 1. The van der Waals surface area contributed by atoms with Gasteiger partial charge in [0.15, 0.2) is 5.96 Å². The van der Waals surface area contributed by atoms with Gasteiger partial charge in [-0.15, -0.1) is 24.0 Å². The molecule has 1 saturated heterocycles. The lowest BCUT2D eigenvalue weighted by atomic mass is 10.1. The third kappa shape index (κ3) is 9.21. The molecule has 0 aliphatic carbocycles. The van der Waals surface area contributed by atoms with Crippen molar-refractivity contribution in [3.63, 3.8) is 0 Å². The highest BCUT2D eigenvalue weighted by Gasteiger charge is 2.24. The third-order valence-corrected chi connectivity index (χ3v) is 5.42. The molecule has 0 radical (unpaired) electrons. The maximum Gasteiger partial charge on any atom is 0.409 e. The average molecular weight is 566 g/mol. The number of carbonyl (C=O) groups excluding carboxylic acids is 1. The number of benzene rings is 2. The van der Waals surface area contributed by atoms with E-state index in [1.165, 1.54) is 11.1 Å². The first-order chi connectivity index (χ1) is 15.7. The number of nitrogens with zero attached hydrogens (tertiary/aromatic N) is 2. The third-order valence-electron chi connectivity index (χ3n) is 5.42. The van der Waals surface area contributed by atoms with E-state index in [9.17, 15) is 4.79 Å². The van der Waals surface area contributed by atoms with Crippen LogP contribution in [0.2, 0.25) is 0 Å². The first-order valence-electron chi connectivity index (χ1n) is 11.3. The number of ether oxygens (including phenoxy) is 2. The minimum atomic E-state index is -0.221. The van der Waals surface area contributed by atoms with E-state index in [1.54, 1.807) is 11.9 Å². The van der Waals surface area contributed by atoms with Crippen molar-refractivity contribution in [2.24, 2.45) is 4.99 Å². The molecule has 3 rings (SSSR count). The molecule has 0 bridgehead atoms. The van der Waals surface area contributed by atoms with Gasteiger partial charge in [0, 0.05) is 32.7 Å². The number of halogens is 1. The van der Waals surface area contributed by atoms with Gasteiger partial charge >= 0.3 is 6.09 Å². The van der Waals surface area contributed by atoms with Crippen LogP contribution in [0, 0.1) is 0 Å². The fraction of sp³-hybridized carbons (Fsp3) is 0.440. The van der Waals surface area contributed by atoms with Gasteiger partial charge in [0.25, 0.3) is 0 Å². The maximum atomic E-state index is 11.8. The fourth-order valence-corrected chi connectivity index (χ4v) is 3.69. The van der Waals surface area contributed by atoms with Crippen LogP contribution in [-0.4, -0.2) is 49.7 Å². The number of likely N-dealkylation sites (tertiary alicyclic amines) is 1. The Morgan fingerprint density at radius 1 is 1.03 bits per heavy atom. The van der Waals surface area contributed by atoms with Crippen LogP contribution < -0.4 is 10.6 Å². The number of piperidine rings is 1. The van der Waals surface area contributed by atoms with E-state index in [2.05, 4.69) is 52.0 Å². The summed E-state index contributed by atoms with van der Waals surface area (Å²) < 4.78 is 10.9. The largest absolute Gasteiger partial charge is 0.450 e. The highest BCUT2D eigenvalue weighted by Crippen LogP contribution is 2.12. The summed E-state index contributed by atoms with van der Waals surface area (Å²) in [6.45, 7) is 5.48. The molecule has 2 N–H and O–H groups in total. The Labute approximate surface area is 214 Å². The first kappa shape index (κ1) is 26.9. The Hall–Kier alpha value is -2.33. The summed E-state index contributed by atoms with van der Waals surface area (Å²) in [5, 5.41) is 6.86. The van der Waals surface area contributed by atoms with E-state index >= 15 is 0 Å². The Kier molecular flexibility index (Phi) is 12.0. The molecule has 1 heterocycles. The molecule has 33 heavy (non-hydrogen) atoms. The van der Waals surface area contributed by atoms with Gasteiger partial charge in [0.05, 0.1) is 19.8 Å². The van der Waals surface area contributed by atoms with Crippen molar-refractivity contribution in [1.82, 2.24) is 15.5 Å². The topological polar surface area (TPSA) is 75.2 Å². The van der Waals surface area contributed by atoms with E-state index in [-0.39, 0.29) is 36.1 Å². The molecule has 2 aromatic carbocycles. The summed E-state index contributed by atoms with van der Waals surface area (Å²) in [6, 6.07) is 18.9. The van der Waals surface area contributed by atoms with Crippen LogP contribution in [-0.2, 0) is 29.2 Å². The lowest BCUT2D eigenvalue weighted by Gasteiger charge is -2.32. The molecule has 7 nitrogen and oxygen atoms in total. The number of aliphatic imine (C=N–C) groups is 1. The summed E-state index contributed by atoms with van der Waals surface area (Å²) in [6.07, 6.45) is 1.52. The second kappa shape index (κ2) is 14.7. The molecule has 2 aromatic rings. The molecule has 0 saturated carbocycles. The molecule has 1 fully saturated rings. The zero-order chi connectivity index (χ0) is 22.6. The molecule has 0 unspecified atom stereocenters. The van der Waals surface area contributed by atoms with Gasteiger partial charge in [-0.2, -0.15) is 0 Å². The Balaban J connectivity index is 0.00000385. The molecule has 0 atom stereocenters. The van der Waals surface area contributed by atoms with Crippen LogP contribution in [0.15, 0.2) is 59.6 Å². The van der Waals surface area contributed by atoms with Crippen LogP contribution >= 0.6 is 24.0 Å². The van der Waals surface area contributed by atoms with Crippen molar-refractivity contribution in [2.45, 2.75) is 45.6 Å². The number of nitrogens with one attached hydrogen (secondary N) is 2. The number of guanidine groups is 1. The second-order valence-electron chi connectivity index (χ2n) is 7.83. The Morgan fingerprint density at radius 2 is 1.70 bits per heavy atom. The van der Waals surface area contributed by atoms with Gasteiger partial charge in [-0.1, -0.05) is 54.6 Å². The molecular weight excluding hydrogens is 531 g/mol. The summed E-state index contributed by atoms with van der Waals surface area (Å²) >= 11 is 0. The van der Waals surface area contributed by atoms with Gasteiger partial charge in [0.2, 0.25) is 0 Å². The van der Waals surface area contributed by atoms with Crippen LogP contribution in [0.1, 0.15) is 36.5 Å². The van der Waals surface area contributed by atoms with E-state index in [4.69, 9.17) is 9.47 Å². The summed E-state index contributed by atoms with van der Waals surface area (Å²) in [5.74, 6) is 0.769. The van der Waals surface area contributed by atoms with E-state index < -0.39 is 0 Å². The molecule has 1 aliphatic rings. The monoisotopic (exact) mass is 566 g/mol. The lowest BCUT2D eigenvalue weighted by molar-refractivity contribution is 0.0963. The number of hydrogen-bond acceptors (Lipinski definition) is 4. The minimum absolute atomic E-state index is 0. The minimum Gasteiger partial charge on any atom is -0.450 e. The Morgan fingerprint density at radius 3 is 2.39 bits per heavy atom. The van der Waals surface area contributed by atoms with Gasteiger partial charge < -0.3 is 25.0 Å². The zero-order valence-electron chi connectivity index (χ0n) is 19.5. The standard InChI is InChI=1S/C25H34N4O3.HI/c1-3-32-25(30)29-14-12-23(13-15-29)28-24(26-2)27-17-21-10-7-11-22(16-21)19-31-18-20-8-5-4-6-9-20;/h4-11,16,23H,3,12-15,17-19H2,1-2H3,(H2,26,27,28);1H. The summed E-state index contributed by atoms with van der Waals surface area (Å²) in [7, 11) is 1.77. The quantitative estimate of drug-likeness (QED) is 0.283. The SMILES string of the molecule is CCOC(=O)N1CCC(NC(=NC)NCc2cccc(COCc3ccccc3)c2)CC1.I. The second-order valence-corrected chi connectivity index (χ2v) is 7.83. The van der Waals surface area contributed by atoms with Crippen molar-refractivity contribution in [3.8, 4) is 0 Å². The van der Waals surface area contributed by atoms with Crippen molar-refractivity contribution in [2.75, 3.05) is 26.7 Å². The molecule has 1 aliphatic heterocycles. The van der Waals surface area contributed by atoms with Gasteiger partial charge in [0.1, 0.15) is 0 Å². The molecule has 0 spiro atoms. The highest BCUT2D eigenvalue weighted by molar-refractivity contribution is 14.0. The number of rotatable bonds is 8. The van der Waals surface area contributed by atoms with Crippen LogP contribution in [0.5, 0.6) is 0 Å². The molecule has 0 aromatic heterocycles. The van der Waals surface area contributed by atoms with E-state index in [0.717, 1.165) is 24.4 Å². The summed E-state index contributed by atoms with van der Waals surface area (Å²) in [4.78, 5) is 18.0. The number of hydrogen-bond donors (Lipinski definition) is 2. The maximum absolute atomic E-state index is 11.8. The van der Waals surface area contributed by atoms with Crippen LogP contribution in [0.4, 0.5) is 4.79 Å². The van der Waals surface area contributed by atoms with Crippen molar-refractivity contribution >= 4 is 36.0 Å². The molecule has 8 heteroatoms. The van der Waals surface area contributed by atoms with Gasteiger partial charge in [-0.3, -0.25) is 4.99 Å².